The number of nitrogens with zero attached hydrogens (tertiary/aromatic N) is 1. The summed E-state index contributed by atoms with van der Waals surface area (Å²) in [7, 11) is 0. The van der Waals surface area contributed by atoms with Crippen molar-refractivity contribution in [3.8, 4) is 0 Å². The highest BCUT2D eigenvalue weighted by Gasteiger charge is 2.14. The van der Waals surface area contributed by atoms with E-state index in [2.05, 4.69) is 31.1 Å². The van der Waals surface area contributed by atoms with Gasteiger partial charge in [0.2, 0.25) is 0 Å². The number of halogens is 1. The lowest BCUT2D eigenvalue weighted by molar-refractivity contribution is 0.545. The molecular weight excluding hydrogens is 184 g/mol. The monoisotopic (exact) mass is 198 g/mol. The van der Waals surface area contributed by atoms with Crippen molar-refractivity contribution in [3.63, 3.8) is 0 Å². The number of pyridine rings is 1. The molecule has 0 aliphatic carbocycles. The van der Waals surface area contributed by atoms with Crippen molar-refractivity contribution in [1.82, 2.24) is 4.98 Å². The highest BCUT2D eigenvalue weighted by atomic mass is 35.5. The van der Waals surface area contributed by atoms with E-state index in [1.54, 1.807) is 6.07 Å². The summed E-state index contributed by atoms with van der Waals surface area (Å²) in [5, 5.41) is 3.84. The van der Waals surface area contributed by atoms with Gasteiger partial charge in [0.25, 0.3) is 0 Å². The second-order valence-corrected chi connectivity index (χ2v) is 4.10. The molecule has 0 fully saturated rings. The molecule has 1 N–H and O–H groups in total. The average molecular weight is 199 g/mol. The Labute approximate surface area is 84.3 Å². The highest BCUT2D eigenvalue weighted by Crippen LogP contribution is 2.17. The van der Waals surface area contributed by atoms with Gasteiger partial charge in [-0.3, -0.25) is 0 Å². The molecule has 0 atom stereocenters. The van der Waals surface area contributed by atoms with Crippen LogP contribution < -0.4 is 5.32 Å². The Bertz CT molecular complexity index is 284. The van der Waals surface area contributed by atoms with E-state index >= 15 is 0 Å². The molecule has 0 aromatic carbocycles. The Morgan fingerprint density at radius 3 is 2.69 bits per heavy atom. The van der Waals surface area contributed by atoms with Crippen LogP contribution >= 0.6 is 11.6 Å². The van der Waals surface area contributed by atoms with E-state index in [0.717, 1.165) is 12.2 Å². The maximum absolute atomic E-state index is 5.77. The van der Waals surface area contributed by atoms with Gasteiger partial charge in [0.15, 0.2) is 0 Å². The van der Waals surface area contributed by atoms with Crippen LogP contribution in [0.5, 0.6) is 0 Å². The van der Waals surface area contributed by atoms with Crippen LogP contribution in [0.2, 0.25) is 5.15 Å². The number of rotatable bonds is 3. The second kappa shape index (κ2) is 3.97. The molecule has 0 unspecified atom stereocenters. The summed E-state index contributed by atoms with van der Waals surface area (Å²) in [6, 6.07) is 5.58. The minimum absolute atomic E-state index is 0.0671. The van der Waals surface area contributed by atoms with Gasteiger partial charge in [-0.25, -0.2) is 4.98 Å². The fourth-order valence-electron chi connectivity index (χ4n) is 0.913. The molecule has 1 aromatic heterocycles. The lowest BCUT2D eigenvalue weighted by Gasteiger charge is -2.25. The number of hydrogen-bond acceptors (Lipinski definition) is 2. The molecule has 1 heterocycles. The molecule has 3 heteroatoms. The first-order valence-electron chi connectivity index (χ1n) is 4.44. The van der Waals surface area contributed by atoms with E-state index in [1.165, 1.54) is 0 Å². The molecule has 13 heavy (non-hydrogen) atoms. The molecule has 1 rings (SSSR count). The van der Waals surface area contributed by atoms with Crippen molar-refractivity contribution < 1.29 is 0 Å². The molecule has 2 nitrogen and oxygen atoms in total. The van der Waals surface area contributed by atoms with E-state index in [0.29, 0.717) is 5.15 Å². The summed E-state index contributed by atoms with van der Waals surface area (Å²) in [6.07, 6.45) is 1.04. The third-order valence-electron chi connectivity index (χ3n) is 2.07. The normalized spacial score (nSPS) is 11.4. The lowest BCUT2D eigenvalue weighted by Crippen LogP contribution is -2.30. The molecule has 0 radical (unpaired) electrons. The minimum Gasteiger partial charge on any atom is -0.365 e. The second-order valence-electron chi connectivity index (χ2n) is 3.71. The highest BCUT2D eigenvalue weighted by molar-refractivity contribution is 6.29. The average Bonchev–Trinajstić information content (AvgIpc) is 2.03. The number of nitrogens with one attached hydrogen (secondary N) is 1. The molecule has 0 aliphatic rings. The van der Waals surface area contributed by atoms with Gasteiger partial charge in [-0.05, 0) is 32.4 Å². The van der Waals surface area contributed by atoms with Crippen LogP contribution in [0.4, 0.5) is 5.82 Å². The Balaban J connectivity index is 2.74. The Kier molecular flexibility index (Phi) is 3.15. The van der Waals surface area contributed by atoms with Crippen molar-refractivity contribution in [2.75, 3.05) is 5.32 Å². The summed E-state index contributed by atoms with van der Waals surface area (Å²) in [5.74, 6) is 0.833. The smallest absolute Gasteiger partial charge is 0.131 e. The van der Waals surface area contributed by atoms with Crippen molar-refractivity contribution in [2.24, 2.45) is 0 Å². The topological polar surface area (TPSA) is 24.9 Å². The fraction of sp³-hybridized carbons (Fsp3) is 0.500. The molecule has 0 saturated carbocycles. The summed E-state index contributed by atoms with van der Waals surface area (Å²) in [4.78, 5) is 4.16. The van der Waals surface area contributed by atoms with Crippen LogP contribution in [-0.2, 0) is 0 Å². The van der Waals surface area contributed by atoms with Crippen molar-refractivity contribution in [1.29, 1.82) is 0 Å². The molecular formula is C10H15ClN2. The lowest BCUT2D eigenvalue weighted by atomic mass is 10.0. The van der Waals surface area contributed by atoms with Crippen LogP contribution in [0.25, 0.3) is 0 Å². The largest absolute Gasteiger partial charge is 0.365 e. The first-order chi connectivity index (χ1) is 6.03. The zero-order valence-corrected chi connectivity index (χ0v) is 9.02. The molecule has 0 amide bonds. The van der Waals surface area contributed by atoms with E-state index in [-0.39, 0.29) is 5.54 Å². The van der Waals surface area contributed by atoms with Gasteiger partial charge in [-0.2, -0.15) is 0 Å². The van der Waals surface area contributed by atoms with Gasteiger partial charge in [-0.1, -0.05) is 24.6 Å². The van der Waals surface area contributed by atoms with Gasteiger partial charge in [0.05, 0.1) is 0 Å². The predicted molar refractivity (Wildman–Crippen MR) is 57.2 cm³/mol. The zero-order chi connectivity index (χ0) is 9.90. The van der Waals surface area contributed by atoms with Crippen LogP contribution in [0.1, 0.15) is 27.2 Å². The van der Waals surface area contributed by atoms with Crippen molar-refractivity contribution >= 4 is 17.4 Å². The van der Waals surface area contributed by atoms with E-state index in [9.17, 15) is 0 Å². The first kappa shape index (κ1) is 10.3. The summed E-state index contributed by atoms with van der Waals surface area (Å²) >= 11 is 5.77. The number of aromatic nitrogens is 1. The fourth-order valence-corrected chi connectivity index (χ4v) is 1.08. The molecule has 0 bridgehead atoms. The van der Waals surface area contributed by atoms with Gasteiger partial charge < -0.3 is 5.32 Å². The number of hydrogen-bond donors (Lipinski definition) is 1. The predicted octanol–water partition coefficient (Wildman–Crippen LogP) is 3.34. The molecule has 0 spiro atoms. The third kappa shape index (κ3) is 3.23. The maximum atomic E-state index is 5.77. The van der Waals surface area contributed by atoms with E-state index in [1.807, 2.05) is 12.1 Å². The van der Waals surface area contributed by atoms with Gasteiger partial charge in [-0.15, -0.1) is 0 Å². The molecule has 0 saturated heterocycles. The Morgan fingerprint density at radius 2 is 2.15 bits per heavy atom. The Hall–Kier alpha value is -0.760. The minimum atomic E-state index is 0.0671. The first-order valence-corrected chi connectivity index (χ1v) is 4.82. The molecule has 72 valence electrons. The van der Waals surface area contributed by atoms with E-state index < -0.39 is 0 Å². The summed E-state index contributed by atoms with van der Waals surface area (Å²) < 4.78 is 0. The van der Waals surface area contributed by atoms with Gasteiger partial charge in [0, 0.05) is 5.54 Å². The van der Waals surface area contributed by atoms with Gasteiger partial charge in [0.1, 0.15) is 11.0 Å². The van der Waals surface area contributed by atoms with Crippen molar-refractivity contribution in [2.45, 2.75) is 32.7 Å². The van der Waals surface area contributed by atoms with Gasteiger partial charge >= 0.3 is 0 Å². The van der Waals surface area contributed by atoms with Crippen LogP contribution in [-0.4, -0.2) is 10.5 Å². The SMILES string of the molecule is CCC(C)(C)Nc1cccc(Cl)n1. The van der Waals surface area contributed by atoms with Crippen molar-refractivity contribution in [3.05, 3.63) is 23.4 Å². The third-order valence-corrected chi connectivity index (χ3v) is 2.28. The van der Waals surface area contributed by atoms with Crippen LogP contribution in [0.15, 0.2) is 18.2 Å². The molecule has 1 aromatic rings. The van der Waals surface area contributed by atoms with E-state index in [4.69, 9.17) is 11.6 Å². The quantitative estimate of drug-likeness (QED) is 0.754. The summed E-state index contributed by atoms with van der Waals surface area (Å²) in [6.45, 7) is 6.41. The van der Waals surface area contributed by atoms with Crippen LogP contribution in [0, 0.1) is 0 Å². The Morgan fingerprint density at radius 1 is 1.46 bits per heavy atom. The van der Waals surface area contributed by atoms with Crippen LogP contribution in [0.3, 0.4) is 0 Å². The zero-order valence-electron chi connectivity index (χ0n) is 8.26. The maximum Gasteiger partial charge on any atom is 0.131 e. The summed E-state index contributed by atoms with van der Waals surface area (Å²) in [5.41, 5.74) is 0.0671. The standard InChI is InChI=1S/C10H15ClN2/c1-4-10(2,3)13-9-7-5-6-8(11)12-9/h5-7H,4H2,1-3H3,(H,12,13). The number of anilines is 1. The molecule has 0 aliphatic heterocycles.